The molecule has 0 aliphatic carbocycles. The van der Waals surface area contributed by atoms with Gasteiger partial charge in [0.05, 0.1) is 12.8 Å². The van der Waals surface area contributed by atoms with E-state index in [-0.39, 0.29) is 11.4 Å². The third-order valence-electron chi connectivity index (χ3n) is 2.50. The lowest BCUT2D eigenvalue weighted by molar-refractivity contribution is 0.0593. The zero-order valence-corrected chi connectivity index (χ0v) is 10.1. The summed E-state index contributed by atoms with van der Waals surface area (Å²) in [4.78, 5) is 11.3. The molecule has 0 saturated carbocycles. The van der Waals surface area contributed by atoms with Gasteiger partial charge in [-0.05, 0) is 13.0 Å². The number of aryl methyl sites for hydroxylation is 1. The SMILES string of the molecule is COC(=O)c1cc(C)n(-c2cc(F)c(F)c(F)c2)n1. The molecule has 1 heterocycles. The summed E-state index contributed by atoms with van der Waals surface area (Å²) in [5.41, 5.74) is 0.417. The number of benzene rings is 1. The van der Waals surface area contributed by atoms with E-state index in [0.717, 1.165) is 16.8 Å². The molecule has 0 radical (unpaired) electrons. The van der Waals surface area contributed by atoms with E-state index >= 15 is 0 Å². The van der Waals surface area contributed by atoms with Gasteiger partial charge >= 0.3 is 5.97 Å². The number of carbonyl (C=O) groups excluding carboxylic acids is 1. The molecule has 0 unspecified atom stereocenters. The molecule has 19 heavy (non-hydrogen) atoms. The van der Waals surface area contributed by atoms with Gasteiger partial charge in [0, 0.05) is 17.8 Å². The van der Waals surface area contributed by atoms with Crippen molar-refractivity contribution in [2.24, 2.45) is 0 Å². The second-order valence-corrected chi connectivity index (χ2v) is 3.80. The first-order valence-corrected chi connectivity index (χ1v) is 5.24. The Labute approximate surface area is 106 Å². The van der Waals surface area contributed by atoms with Crippen LogP contribution in [-0.2, 0) is 4.74 Å². The topological polar surface area (TPSA) is 44.1 Å². The normalized spacial score (nSPS) is 10.6. The summed E-state index contributed by atoms with van der Waals surface area (Å²) in [6.07, 6.45) is 0. The smallest absolute Gasteiger partial charge is 0.358 e. The van der Waals surface area contributed by atoms with Crippen molar-refractivity contribution in [3.63, 3.8) is 0 Å². The lowest BCUT2D eigenvalue weighted by atomic mass is 10.3. The number of rotatable bonds is 2. The van der Waals surface area contributed by atoms with Crippen molar-refractivity contribution in [2.45, 2.75) is 6.92 Å². The van der Waals surface area contributed by atoms with Crippen molar-refractivity contribution in [3.05, 3.63) is 47.0 Å². The summed E-state index contributed by atoms with van der Waals surface area (Å²) in [6.45, 7) is 1.58. The zero-order chi connectivity index (χ0) is 14.2. The minimum atomic E-state index is -1.55. The number of aromatic nitrogens is 2. The quantitative estimate of drug-likeness (QED) is 0.621. The van der Waals surface area contributed by atoms with Gasteiger partial charge in [0.25, 0.3) is 0 Å². The molecule has 0 atom stereocenters. The van der Waals surface area contributed by atoms with Gasteiger partial charge in [0.2, 0.25) is 0 Å². The molecule has 4 nitrogen and oxygen atoms in total. The van der Waals surface area contributed by atoms with Crippen LogP contribution in [0.3, 0.4) is 0 Å². The number of halogens is 3. The lowest BCUT2D eigenvalue weighted by Crippen LogP contribution is -2.06. The first-order chi connectivity index (χ1) is 8.93. The summed E-state index contributed by atoms with van der Waals surface area (Å²) in [5.74, 6) is -4.89. The maximum Gasteiger partial charge on any atom is 0.358 e. The Morgan fingerprint density at radius 2 is 1.79 bits per heavy atom. The molecule has 0 N–H and O–H groups in total. The molecule has 2 aromatic rings. The number of methoxy groups -OCH3 is 1. The average molecular weight is 270 g/mol. The molecule has 0 bridgehead atoms. The average Bonchev–Trinajstić information content (AvgIpc) is 2.76. The fourth-order valence-corrected chi connectivity index (χ4v) is 1.60. The Morgan fingerprint density at radius 3 is 2.32 bits per heavy atom. The lowest BCUT2D eigenvalue weighted by Gasteiger charge is -2.05. The van der Waals surface area contributed by atoms with Crippen molar-refractivity contribution in [2.75, 3.05) is 7.11 Å². The van der Waals surface area contributed by atoms with Crippen molar-refractivity contribution in [1.29, 1.82) is 0 Å². The highest BCUT2D eigenvalue weighted by Crippen LogP contribution is 2.18. The number of hydrogen-bond acceptors (Lipinski definition) is 3. The molecule has 1 aromatic heterocycles. The van der Waals surface area contributed by atoms with E-state index in [0.29, 0.717) is 5.69 Å². The van der Waals surface area contributed by atoms with Gasteiger partial charge < -0.3 is 4.74 Å². The molecule has 0 amide bonds. The van der Waals surface area contributed by atoms with Gasteiger partial charge in [-0.2, -0.15) is 5.10 Å². The van der Waals surface area contributed by atoms with Crippen LogP contribution in [0.25, 0.3) is 5.69 Å². The van der Waals surface area contributed by atoms with E-state index in [1.165, 1.54) is 13.2 Å². The van der Waals surface area contributed by atoms with E-state index in [2.05, 4.69) is 9.84 Å². The van der Waals surface area contributed by atoms with E-state index < -0.39 is 23.4 Å². The van der Waals surface area contributed by atoms with Crippen LogP contribution in [0, 0.1) is 24.4 Å². The van der Waals surface area contributed by atoms with Gasteiger partial charge in [-0.3, -0.25) is 0 Å². The van der Waals surface area contributed by atoms with E-state index in [1.54, 1.807) is 6.92 Å². The second-order valence-electron chi connectivity index (χ2n) is 3.80. The first-order valence-electron chi connectivity index (χ1n) is 5.24. The molecule has 0 aliphatic heterocycles. The van der Waals surface area contributed by atoms with Crippen LogP contribution in [0.5, 0.6) is 0 Å². The maximum atomic E-state index is 13.1. The Morgan fingerprint density at radius 1 is 1.21 bits per heavy atom. The Kier molecular flexibility index (Phi) is 3.28. The third-order valence-corrected chi connectivity index (χ3v) is 2.50. The minimum absolute atomic E-state index is 0.00913. The molecule has 1 aromatic carbocycles. The van der Waals surface area contributed by atoms with Crippen molar-refractivity contribution >= 4 is 5.97 Å². The van der Waals surface area contributed by atoms with E-state index in [4.69, 9.17) is 0 Å². The highest BCUT2D eigenvalue weighted by atomic mass is 19.2. The highest BCUT2D eigenvalue weighted by Gasteiger charge is 2.16. The first kappa shape index (κ1) is 13.1. The van der Waals surface area contributed by atoms with Crippen LogP contribution in [0.1, 0.15) is 16.2 Å². The van der Waals surface area contributed by atoms with E-state index in [9.17, 15) is 18.0 Å². The fraction of sp³-hybridized carbons (Fsp3) is 0.167. The predicted octanol–water partition coefficient (Wildman–Crippen LogP) is 2.38. The molecule has 2 rings (SSSR count). The molecule has 0 fully saturated rings. The largest absolute Gasteiger partial charge is 0.464 e. The monoisotopic (exact) mass is 270 g/mol. The molecule has 100 valence electrons. The summed E-state index contributed by atoms with van der Waals surface area (Å²) in [7, 11) is 1.19. The number of ether oxygens (including phenoxy) is 1. The van der Waals surface area contributed by atoms with Gasteiger partial charge in [-0.15, -0.1) is 0 Å². The summed E-state index contributed by atoms with van der Waals surface area (Å²) in [5, 5.41) is 3.85. The predicted molar refractivity (Wildman–Crippen MR) is 59.5 cm³/mol. The van der Waals surface area contributed by atoms with Gasteiger partial charge in [-0.1, -0.05) is 0 Å². The summed E-state index contributed by atoms with van der Waals surface area (Å²) in [6, 6.07) is 2.98. The van der Waals surface area contributed by atoms with Gasteiger partial charge in [0.1, 0.15) is 0 Å². The fourth-order valence-electron chi connectivity index (χ4n) is 1.60. The Balaban J connectivity index is 2.53. The molecule has 0 aliphatic rings. The van der Waals surface area contributed by atoms with Crippen molar-refractivity contribution < 1.29 is 22.7 Å². The maximum absolute atomic E-state index is 13.1. The number of carbonyl (C=O) groups is 1. The Hall–Kier alpha value is -2.31. The van der Waals surface area contributed by atoms with Crippen molar-refractivity contribution in [1.82, 2.24) is 9.78 Å². The standard InChI is InChI=1S/C12H9F3N2O2/c1-6-3-10(12(18)19-2)16-17(6)7-4-8(13)11(15)9(14)5-7/h3-5H,1-2H3. The molecule has 7 heteroatoms. The van der Waals surface area contributed by atoms with Crippen LogP contribution in [0.2, 0.25) is 0 Å². The third kappa shape index (κ3) is 2.31. The van der Waals surface area contributed by atoms with Crippen molar-refractivity contribution in [3.8, 4) is 5.69 Å². The minimum Gasteiger partial charge on any atom is -0.464 e. The number of hydrogen-bond donors (Lipinski definition) is 0. The zero-order valence-electron chi connectivity index (χ0n) is 10.1. The van der Waals surface area contributed by atoms with Gasteiger partial charge in [0.15, 0.2) is 23.1 Å². The number of nitrogens with zero attached hydrogens (tertiary/aromatic N) is 2. The van der Waals surface area contributed by atoms with Gasteiger partial charge in [-0.25, -0.2) is 22.6 Å². The van der Waals surface area contributed by atoms with Crippen LogP contribution in [-0.4, -0.2) is 22.9 Å². The van der Waals surface area contributed by atoms with Crippen LogP contribution >= 0.6 is 0 Å². The number of esters is 1. The second kappa shape index (κ2) is 4.75. The van der Waals surface area contributed by atoms with Crippen LogP contribution in [0.15, 0.2) is 18.2 Å². The van der Waals surface area contributed by atoms with Crippen LogP contribution in [0.4, 0.5) is 13.2 Å². The highest BCUT2D eigenvalue weighted by molar-refractivity contribution is 5.87. The summed E-state index contributed by atoms with van der Waals surface area (Å²) < 4.78 is 44.8. The molecule has 0 spiro atoms. The molecular formula is C12H9F3N2O2. The summed E-state index contributed by atoms with van der Waals surface area (Å²) >= 11 is 0. The van der Waals surface area contributed by atoms with E-state index in [1.807, 2.05) is 0 Å². The molecule has 0 saturated heterocycles. The van der Waals surface area contributed by atoms with Crippen LogP contribution < -0.4 is 0 Å². The molecular weight excluding hydrogens is 261 g/mol. The Bertz CT molecular complexity index is 629.